The maximum absolute atomic E-state index is 5.69. The van der Waals surface area contributed by atoms with Gasteiger partial charge < -0.3 is 14.8 Å². The summed E-state index contributed by atoms with van der Waals surface area (Å²) in [5.41, 5.74) is 0. The summed E-state index contributed by atoms with van der Waals surface area (Å²) in [6.07, 6.45) is 4.05. The van der Waals surface area contributed by atoms with Crippen molar-refractivity contribution in [1.82, 2.24) is 10.2 Å². The van der Waals surface area contributed by atoms with Gasteiger partial charge in [0.15, 0.2) is 0 Å². The molecule has 0 radical (unpaired) electrons. The minimum absolute atomic E-state index is 0.358. The fourth-order valence-corrected chi connectivity index (χ4v) is 2.28. The third-order valence-electron chi connectivity index (χ3n) is 3.34. The zero-order valence-electron chi connectivity index (χ0n) is 10.1. The Kier molecular flexibility index (Phi) is 5.55. The molecule has 0 saturated carbocycles. The molecule has 2 rings (SSSR count). The molecule has 94 valence electrons. The fraction of sp³-hybridized carbons (Fsp3) is 1.00. The van der Waals surface area contributed by atoms with E-state index in [1.807, 2.05) is 0 Å². The molecule has 0 spiro atoms. The molecule has 16 heavy (non-hydrogen) atoms. The summed E-state index contributed by atoms with van der Waals surface area (Å²) in [5, 5.41) is 3.35. The van der Waals surface area contributed by atoms with Crippen molar-refractivity contribution < 1.29 is 9.47 Å². The molecule has 0 aromatic rings. The summed E-state index contributed by atoms with van der Waals surface area (Å²) in [6, 6.07) is 0. The molecule has 1 atom stereocenters. The van der Waals surface area contributed by atoms with Gasteiger partial charge in [0.1, 0.15) is 0 Å². The van der Waals surface area contributed by atoms with Gasteiger partial charge in [-0.15, -0.1) is 0 Å². The lowest BCUT2D eigenvalue weighted by Crippen LogP contribution is -2.44. The van der Waals surface area contributed by atoms with E-state index < -0.39 is 0 Å². The van der Waals surface area contributed by atoms with E-state index in [1.54, 1.807) is 0 Å². The zero-order valence-corrected chi connectivity index (χ0v) is 10.1. The first kappa shape index (κ1) is 12.3. The highest BCUT2D eigenvalue weighted by Gasteiger charge is 2.14. The summed E-state index contributed by atoms with van der Waals surface area (Å²) < 4.78 is 11.3. The van der Waals surface area contributed by atoms with Gasteiger partial charge in [-0.25, -0.2) is 0 Å². The highest BCUT2D eigenvalue weighted by molar-refractivity contribution is 4.67. The minimum Gasteiger partial charge on any atom is -0.377 e. The molecule has 2 heterocycles. The molecule has 0 aromatic carbocycles. The Labute approximate surface area is 98.3 Å². The second kappa shape index (κ2) is 7.22. The predicted octanol–water partition coefficient (Wildman–Crippen LogP) is 0.477. The van der Waals surface area contributed by atoms with Crippen LogP contribution in [0.1, 0.15) is 19.3 Å². The van der Waals surface area contributed by atoms with Crippen LogP contribution < -0.4 is 5.32 Å². The quantitative estimate of drug-likeness (QED) is 0.694. The van der Waals surface area contributed by atoms with Crippen LogP contribution in [0.3, 0.4) is 0 Å². The van der Waals surface area contributed by atoms with Crippen LogP contribution in [0, 0.1) is 0 Å². The van der Waals surface area contributed by atoms with E-state index in [2.05, 4.69) is 10.2 Å². The van der Waals surface area contributed by atoms with E-state index in [9.17, 15) is 0 Å². The highest BCUT2D eigenvalue weighted by atomic mass is 16.5. The molecule has 4 nitrogen and oxygen atoms in total. The normalized spacial score (nSPS) is 28.1. The van der Waals surface area contributed by atoms with Gasteiger partial charge in [-0.3, -0.25) is 4.90 Å². The van der Waals surface area contributed by atoms with Crippen molar-refractivity contribution in [2.24, 2.45) is 0 Å². The average molecular weight is 228 g/mol. The number of hydrogen-bond acceptors (Lipinski definition) is 4. The van der Waals surface area contributed by atoms with Crippen molar-refractivity contribution in [3.63, 3.8) is 0 Å². The second-order valence-corrected chi connectivity index (χ2v) is 4.66. The summed E-state index contributed by atoms with van der Waals surface area (Å²) >= 11 is 0. The third-order valence-corrected chi connectivity index (χ3v) is 3.34. The van der Waals surface area contributed by atoms with Crippen LogP contribution in [-0.4, -0.2) is 63.5 Å². The molecule has 2 aliphatic heterocycles. The van der Waals surface area contributed by atoms with E-state index in [4.69, 9.17) is 9.47 Å². The van der Waals surface area contributed by atoms with Crippen LogP contribution in [0.2, 0.25) is 0 Å². The number of hydrogen-bond donors (Lipinski definition) is 1. The maximum Gasteiger partial charge on any atom is 0.0808 e. The minimum atomic E-state index is 0.358. The molecular formula is C12H24N2O2. The first-order valence-corrected chi connectivity index (χ1v) is 6.57. The van der Waals surface area contributed by atoms with E-state index in [-0.39, 0.29) is 0 Å². The molecule has 0 aromatic heterocycles. The summed E-state index contributed by atoms with van der Waals surface area (Å²) in [4.78, 5) is 2.46. The highest BCUT2D eigenvalue weighted by Crippen LogP contribution is 2.12. The van der Waals surface area contributed by atoms with Crippen molar-refractivity contribution in [2.75, 3.05) is 52.5 Å². The van der Waals surface area contributed by atoms with Crippen molar-refractivity contribution >= 4 is 0 Å². The first-order chi connectivity index (χ1) is 7.95. The van der Waals surface area contributed by atoms with Gasteiger partial charge in [-0.1, -0.05) is 0 Å². The Morgan fingerprint density at radius 2 is 2.12 bits per heavy atom. The van der Waals surface area contributed by atoms with Gasteiger partial charge >= 0.3 is 0 Å². The Hall–Kier alpha value is -0.160. The van der Waals surface area contributed by atoms with Crippen molar-refractivity contribution in [3.8, 4) is 0 Å². The molecule has 1 N–H and O–H groups in total. The summed E-state index contributed by atoms with van der Waals surface area (Å²) in [5.74, 6) is 0. The predicted molar refractivity (Wildman–Crippen MR) is 63.7 cm³/mol. The number of nitrogens with zero attached hydrogens (tertiary/aromatic N) is 1. The topological polar surface area (TPSA) is 33.7 Å². The Balaban J connectivity index is 1.47. The average Bonchev–Trinajstić information content (AvgIpc) is 2.37. The Morgan fingerprint density at radius 1 is 1.25 bits per heavy atom. The first-order valence-electron chi connectivity index (χ1n) is 6.57. The SMILES string of the molecule is C1CCC(COCCN2CCNCC2)OC1. The van der Waals surface area contributed by atoms with Crippen LogP contribution in [0.5, 0.6) is 0 Å². The molecule has 4 heteroatoms. The van der Waals surface area contributed by atoms with Crippen LogP contribution in [0.15, 0.2) is 0 Å². The molecule has 1 unspecified atom stereocenters. The van der Waals surface area contributed by atoms with Gasteiger partial charge in [0.25, 0.3) is 0 Å². The number of piperazine rings is 1. The molecule has 2 aliphatic rings. The molecule has 0 bridgehead atoms. The molecular weight excluding hydrogens is 204 g/mol. The Morgan fingerprint density at radius 3 is 2.88 bits per heavy atom. The molecule has 0 amide bonds. The number of ether oxygens (including phenoxy) is 2. The van der Waals surface area contributed by atoms with Crippen molar-refractivity contribution in [3.05, 3.63) is 0 Å². The van der Waals surface area contributed by atoms with Gasteiger partial charge in [0, 0.05) is 39.3 Å². The third kappa shape index (κ3) is 4.37. The van der Waals surface area contributed by atoms with Crippen LogP contribution >= 0.6 is 0 Å². The molecule has 0 aliphatic carbocycles. The number of nitrogens with one attached hydrogen (secondary N) is 1. The van der Waals surface area contributed by atoms with E-state index in [1.165, 1.54) is 19.3 Å². The van der Waals surface area contributed by atoms with Gasteiger partial charge in [-0.2, -0.15) is 0 Å². The lowest BCUT2D eigenvalue weighted by molar-refractivity contribution is -0.0436. The second-order valence-electron chi connectivity index (χ2n) is 4.66. The van der Waals surface area contributed by atoms with E-state index in [0.717, 1.165) is 52.5 Å². The van der Waals surface area contributed by atoms with Gasteiger partial charge in [0.05, 0.1) is 19.3 Å². The lowest BCUT2D eigenvalue weighted by Gasteiger charge is -2.27. The van der Waals surface area contributed by atoms with Crippen LogP contribution in [0.4, 0.5) is 0 Å². The smallest absolute Gasteiger partial charge is 0.0808 e. The monoisotopic (exact) mass is 228 g/mol. The van der Waals surface area contributed by atoms with Crippen LogP contribution in [0.25, 0.3) is 0 Å². The van der Waals surface area contributed by atoms with E-state index >= 15 is 0 Å². The molecule has 2 saturated heterocycles. The van der Waals surface area contributed by atoms with Crippen molar-refractivity contribution in [2.45, 2.75) is 25.4 Å². The van der Waals surface area contributed by atoms with Crippen LogP contribution in [-0.2, 0) is 9.47 Å². The molecule has 2 fully saturated rings. The van der Waals surface area contributed by atoms with Gasteiger partial charge in [-0.05, 0) is 19.3 Å². The van der Waals surface area contributed by atoms with E-state index in [0.29, 0.717) is 6.10 Å². The lowest BCUT2D eigenvalue weighted by atomic mass is 10.1. The maximum atomic E-state index is 5.69. The number of rotatable bonds is 5. The zero-order chi connectivity index (χ0) is 11.1. The van der Waals surface area contributed by atoms with Crippen molar-refractivity contribution in [1.29, 1.82) is 0 Å². The largest absolute Gasteiger partial charge is 0.377 e. The standard InChI is InChI=1S/C12H24N2O2/c1-2-9-16-12(3-1)11-15-10-8-14-6-4-13-5-7-14/h12-13H,1-11H2. The Bertz CT molecular complexity index is 158. The van der Waals surface area contributed by atoms with Gasteiger partial charge in [0.2, 0.25) is 0 Å². The summed E-state index contributed by atoms with van der Waals surface area (Å²) in [7, 11) is 0. The fourth-order valence-electron chi connectivity index (χ4n) is 2.28. The summed E-state index contributed by atoms with van der Waals surface area (Å²) in [6.45, 7) is 8.16.